The molecular formula is C16H15ClN4OS3. The largest absolute Gasteiger partial charge is 0.369 e. The Morgan fingerprint density at radius 3 is 2.68 bits per heavy atom. The molecule has 0 saturated carbocycles. The molecule has 3 rings (SSSR count). The predicted octanol–water partition coefficient (Wildman–Crippen LogP) is 4.23. The lowest BCUT2D eigenvalue weighted by molar-refractivity contribution is -0.115. The monoisotopic (exact) mass is 410 g/mol. The van der Waals surface area contributed by atoms with E-state index in [2.05, 4.69) is 47.2 Å². The molecule has 25 heavy (non-hydrogen) atoms. The number of rotatable bonds is 6. The summed E-state index contributed by atoms with van der Waals surface area (Å²) in [5, 5.41) is 9.77. The Morgan fingerprint density at radius 1 is 1.24 bits per heavy atom. The fourth-order valence-corrected chi connectivity index (χ4v) is 5.21. The van der Waals surface area contributed by atoms with Gasteiger partial charge in [0.05, 0.1) is 11.3 Å². The first-order chi connectivity index (χ1) is 11.9. The number of nitrogens with zero attached hydrogens (tertiary/aromatic N) is 3. The highest BCUT2D eigenvalue weighted by molar-refractivity contribution is 8.03. The van der Waals surface area contributed by atoms with Gasteiger partial charge in [0.1, 0.15) is 5.15 Å². The molecule has 130 valence electrons. The van der Waals surface area contributed by atoms with Crippen LogP contribution >= 0.6 is 46.5 Å². The highest BCUT2D eigenvalue weighted by atomic mass is 35.5. The summed E-state index contributed by atoms with van der Waals surface area (Å²) in [7, 11) is 0. The van der Waals surface area contributed by atoms with E-state index in [9.17, 15) is 4.79 Å². The molecule has 0 aliphatic carbocycles. The minimum absolute atomic E-state index is 0.207. The van der Waals surface area contributed by atoms with Crippen molar-refractivity contribution in [3.63, 3.8) is 0 Å². The second kappa shape index (κ2) is 7.90. The van der Waals surface area contributed by atoms with Gasteiger partial charge in [-0.3, -0.25) is 4.79 Å². The Bertz CT molecular complexity index is 945. The second-order valence-electron chi connectivity index (χ2n) is 5.40. The number of amides is 1. The summed E-state index contributed by atoms with van der Waals surface area (Å²) < 4.78 is 1.55. The van der Waals surface area contributed by atoms with Crippen molar-refractivity contribution in [3.05, 3.63) is 40.0 Å². The number of nitrogens with two attached hydrogens (primary N) is 1. The van der Waals surface area contributed by atoms with Crippen LogP contribution in [0, 0.1) is 13.8 Å². The molecule has 2 aromatic heterocycles. The number of pyridine rings is 1. The van der Waals surface area contributed by atoms with Gasteiger partial charge in [-0.1, -0.05) is 58.6 Å². The molecule has 3 aromatic rings. The Hall–Kier alpha value is -1.35. The molecule has 0 spiro atoms. The highest BCUT2D eigenvalue weighted by Crippen LogP contribution is 2.33. The zero-order chi connectivity index (χ0) is 18.0. The van der Waals surface area contributed by atoms with Gasteiger partial charge in [0.15, 0.2) is 8.68 Å². The fraction of sp³-hybridized carbons (Fsp3) is 0.250. The molecule has 0 saturated heterocycles. The molecule has 9 heteroatoms. The number of carbonyl (C=O) groups excluding carboxylic acids is 1. The topological polar surface area (TPSA) is 81.8 Å². The van der Waals surface area contributed by atoms with Crippen molar-refractivity contribution in [2.75, 3.05) is 5.75 Å². The first-order valence-corrected chi connectivity index (χ1v) is 10.5. The van der Waals surface area contributed by atoms with E-state index in [4.69, 9.17) is 17.3 Å². The summed E-state index contributed by atoms with van der Waals surface area (Å²) >= 11 is 10.7. The standard InChI is InChI=1S/C16H15ClN4OS3/c1-8-3-4-10-5-11(14(17)19-13(10)9(8)2)6-23-15-20-21-16(25-15)24-7-12(18)22/h3-5H,6-7H2,1-2H3,(H2,18,22). The maximum Gasteiger partial charge on any atom is 0.227 e. The maximum absolute atomic E-state index is 10.8. The van der Waals surface area contributed by atoms with Gasteiger partial charge in [0.25, 0.3) is 0 Å². The van der Waals surface area contributed by atoms with Crippen LogP contribution in [0.4, 0.5) is 0 Å². The van der Waals surface area contributed by atoms with E-state index in [-0.39, 0.29) is 11.7 Å². The van der Waals surface area contributed by atoms with Gasteiger partial charge in [0.2, 0.25) is 5.91 Å². The number of hydrogen-bond donors (Lipinski definition) is 1. The molecule has 0 radical (unpaired) electrons. The SMILES string of the molecule is Cc1ccc2cc(CSc3nnc(SCC(N)=O)s3)c(Cl)nc2c1C. The molecule has 0 atom stereocenters. The molecule has 0 aliphatic rings. The summed E-state index contributed by atoms with van der Waals surface area (Å²) in [5.41, 5.74) is 9.39. The van der Waals surface area contributed by atoms with E-state index >= 15 is 0 Å². The Balaban J connectivity index is 1.74. The lowest BCUT2D eigenvalue weighted by Gasteiger charge is -2.08. The minimum atomic E-state index is -0.367. The van der Waals surface area contributed by atoms with Gasteiger partial charge in [0, 0.05) is 16.7 Å². The lowest BCUT2D eigenvalue weighted by atomic mass is 10.0. The van der Waals surface area contributed by atoms with Crippen LogP contribution in [0.2, 0.25) is 5.15 Å². The van der Waals surface area contributed by atoms with E-state index in [1.807, 2.05) is 0 Å². The average Bonchev–Trinajstić information content (AvgIpc) is 3.03. The molecule has 2 heterocycles. The molecule has 0 bridgehead atoms. The van der Waals surface area contributed by atoms with E-state index in [0.29, 0.717) is 10.9 Å². The van der Waals surface area contributed by atoms with E-state index < -0.39 is 0 Å². The summed E-state index contributed by atoms with van der Waals surface area (Å²) in [6.07, 6.45) is 0. The molecule has 1 amide bonds. The van der Waals surface area contributed by atoms with Crippen molar-refractivity contribution in [2.45, 2.75) is 28.3 Å². The molecule has 5 nitrogen and oxygen atoms in total. The summed E-state index contributed by atoms with van der Waals surface area (Å²) in [6, 6.07) is 6.24. The van der Waals surface area contributed by atoms with Crippen LogP contribution in [0.5, 0.6) is 0 Å². The molecule has 0 aliphatic heterocycles. The number of halogens is 1. The summed E-state index contributed by atoms with van der Waals surface area (Å²) in [4.78, 5) is 15.4. The number of fused-ring (bicyclic) bond motifs is 1. The van der Waals surface area contributed by atoms with Crippen molar-refractivity contribution >= 4 is 63.3 Å². The van der Waals surface area contributed by atoms with Crippen molar-refractivity contribution in [2.24, 2.45) is 5.73 Å². The Labute approximate surface area is 162 Å². The van der Waals surface area contributed by atoms with Gasteiger partial charge in [-0.15, -0.1) is 10.2 Å². The van der Waals surface area contributed by atoms with E-state index in [1.54, 1.807) is 11.8 Å². The third kappa shape index (κ3) is 4.44. The van der Waals surface area contributed by atoms with E-state index in [1.165, 1.54) is 28.7 Å². The quantitative estimate of drug-likeness (QED) is 0.483. The first kappa shape index (κ1) is 18.4. The third-order valence-electron chi connectivity index (χ3n) is 3.61. The van der Waals surface area contributed by atoms with Crippen molar-refractivity contribution in [1.29, 1.82) is 0 Å². The van der Waals surface area contributed by atoms with Crippen molar-refractivity contribution in [1.82, 2.24) is 15.2 Å². The highest BCUT2D eigenvalue weighted by Gasteiger charge is 2.11. The number of carbonyl (C=O) groups is 1. The zero-order valence-corrected chi connectivity index (χ0v) is 16.8. The summed E-state index contributed by atoms with van der Waals surface area (Å²) in [6.45, 7) is 4.12. The molecule has 0 unspecified atom stereocenters. The smallest absolute Gasteiger partial charge is 0.227 e. The van der Waals surface area contributed by atoms with Gasteiger partial charge in [-0.25, -0.2) is 4.98 Å². The van der Waals surface area contributed by atoms with Crippen LogP contribution < -0.4 is 5.73 Å². The average molecular weight is 411 g/mol. The molecular weight excluding hydrogens is 396 g/mol. The first-order valence-electron chi connectivity index (χ1n) is 7.37. The van der Waals surface area contributed by atoms with Gasteiger partial charge in [-0.2, -0.15) is 0 Å². The number of aryl methyl sites for hydroxylation is 2. The number of benzene rings is 1. The van der Waals surface area contributed by atoms with Crippen molar-refractivity contribution < 1.29 is 4.79 Å². The van der Waals surface area contributed by atoms with Crippen LogP contribution in [0.25, 0.3) is 10.9 Å². The van der Waals surface area contributed by atoms with E-state index in [0.717, 1.165) is 30.7 Å². The van der Waals surface area contributed by atoms with Gasteiger partial charge >= 0.3 is 0 Å². The normalized spacial score (nSPS) is 11.2. The molecule has 1 aromatic carbocycles. The van der Waals surface area contributed by atoms with Crippen molar-refractivity contribution in [3.8, 4) is 0 Å². The maximum atomic E-state index is 10.8. The number of thioether (sulfide) groups is 2. The lowest BCUT2D eigenvalue weighted by Crippen LogP contribution is -2.12. The Kier molecular flexibility index (Phi) is 5.83. The summed E-state index contributed by atoms with van der Waals surface area (Å²) in [5.74, 6) is 0.497. The number of aromatic nitrogens is 3. The van der Waals surface area contributed by atoms with Crippen LogP contribution in [0.15, 0.2) is 26.9 Å². The fourth-order valence-electron chi connectivity index (χ4n) is 2.19. The second-order valence-corrected chi connectivity index (χ2v) is 9.18. The number of hydrogen-bond acceptors (Lipinski definition) is 7. The zero-order valence-electron chi connectivity index (χ0n) is 13.6. The van der Waals surface area contributed by atoms with Crippen LogP contribution in [-0.2, 0) is 10.5 Å². The van der Waals surface area contributed by atoms with Crippen LogP contribution in [-0.4, -0.2) is 26.8 Å². The Morgan fingerprint density at radius 2 is 1.96 bits per heavy atom. The van der Waals surface area contributed by atoms with Gasteiger partial charge < -0.3 is 5.73 Å². The van der Waals surface area contributed by atoms with Crippen LogP contribution in [0.1, 0.15) is 16.7 Å². The third-order valence-corrected chi connectivity index (χ3v) is 7.20. The minimum Gasteiger partial charge on any atom is -0.369 e. The van der Waals surface area contributed by atoms with Crippen LogP contribution in [0.3, 0.4) is 0 Å². The predicted molar refractivity (Wildman–Crippen MR) is 106 cm³/mol. The van der Waals surface area contributed by atoms with Gasteiger partial charge in [-0.05, 0) is 31.0 Å². The molecule has 0 fully saturated rings. The molecule has 2 N–H and O–H groups in total. The number of primary amides is 1.